The molecule has 0 aromatic heterocycles. The van der Waals surface area contributed by atoms with E-state index in [2.05, 4.69) is 10.2 Å². The summed E-state index contributed by atoms with van der Waals surface area (Å²) >= 11 is 0. The second-order valence-electron chi connectivity index (χ2n) is 5.92. The maximum absolute atomic E-state index is 13.3. The summed E-state index contributed by atoms with van der Waals surface area (Å²) < 4.78 is 13.3. The number of primary amides is 1. The van der Waals surface area contributed by atoms with Gasteiger partial charge in [0, 0.05) is 24.8 Å². The average Bonchev–Trinajstić information content (AvgIpc) is 3.23. The molecule has 1 atom stereocenters. The minimum absolute atomic E-state index is 0.250. The third-order valence-electron chi connectivity index (χ3n) is 4.08. The molecule has 1 fully saturated rings. The fourth-order valence-corrected chi connectivity index (χ4v) is 2.45. The molecule has 1 aliphatic carbocycles. The van der Waals surface area contributed by atoms with Gasteiger partial charge < -0.3 is 16.0 Å². The third-order valence-corrected chi connectivity index (χ3v) is 4.08. The normalized spacial score (nSPS) is 17.3. The number of carbonyl (C=O) groups is 1. The summed E-state index contributed by atoms with van der Waals surface area (Å²) in [5, 5.41) is 3.33. The quantitative estimate of drug-likeness (QED) is 0.771. The van der Waals surface area contributed by atoms with E-state index in [-0.39, 0.29) is 11.7 Å². The van der Waals surface area contributed by atoms with Gasteiger partial charge in [-0.1, -0.05) is 6.07 Å². The molecule has 1 aromatic carbocycles. The number of halogens is 1. The maximum atomic E-state index is 13.3. The monoisotopic (exact) mass is 293 g/mol. The molecule has 3 N–H and O–H groups in total. The van der Waals surface area contributed by atoms with Crippen molar-refractivity contribution in [2.45, 2.75) is 44.7 Å². The fourth-order valence-electron chi connectivity index (χ4n) is 2.45. The molecule has 0 bridgehead atoms. The number of anilines is 1. The van der Waals surface area contributed by atoms with Crippen molar-refractivity contribution >= 4 is 11.6 Å². The van der Waals surface area contributed by atoms with E-state index in [0.717, 1.165) is 25.1 Å². The predicted octanol–water partition coefficient (Wildman–Crippen LogP) is 2.04. The molecule has 5 heteroatoms. The first-order valence-corrected chi connectivity index (χ1v) is 7.53. The standard InChI is InChI=1S/C16H24FN3O/c1-3-20(14-6-4-5-12(17)11-14)10-9-16(2,15(18)21)19-13-7-8-13/h4-6,11,13,19H,3,7-10H2,1-2H3,(H2,18,21). The van der Waals surface area contributed by atoms with E-state index in [1.54, 1.807) is 6.07 Å². The molecule has 0 radical (unpaired) electrons. The van der Waals surface area contributed by atoms with E-state index >= 15 is 0 Å². The number of hydrogen-bond donors (Lipinski definition) is 2. The van der Waals surface area contributed by atoms with Crippen molar-refractivity contribution in [3.8, 4) is 0 Å². The van der Waals surface area contributed by atoms with Gasteiger partial charge in [0.05, 0.1) is 5.54 Å². The summed E-state index contributed by atoms with van der Waals surface area (Å²) in [6.07, 6.45) is 2.80. The molecule has 21 heavy (non-hydrogen) atoms. The van der Waals surface area contributed by atoms with Crippen LogP contribution in [0.15, 0.2) is 24.3 Å². The third kappa shape index (κ3) is 4.17. The lowest BCUT2D eigenvalue weighted by Gasteiger charge is -2.31. The van der Waals surface area contributed by atoms with E-state index in [1.807, 2.05) is 19.9 Å². The van der Waals surface area contributed by atoms with Crippen LogP contribution in [0.5, 0.6) is 0 Å². The van der Waals surface area contributed by atoms with Crippen LogP contribution in [-0.4, -0.2) is 30.6 Å². The lowest BCUT2D eigenvalue weighted by atomic mass is 9.96. The Bertz CT molecular complexity index is 504. The molecular weight excluding hydrogens is 269 g/mol. The number of nitrogens with zero attached hydrogens (tertiary/aromatic N) is 1. The van der Waals surface area contributed by atoms with Gasteiger partial charge >= 0.3 is 0 Å². The van der Waals surface area contributed by atoms with Crippen LogP contribution < -0.4 is 16.0 Å². The fraction of sp³-hybridized carbons (Fsp3) is 0.562. The van der Waals surface area contributed by atoms with Gasteiger partial charge in [-0.15, -0.1) is 0 Å². The topological polar surface area (TPSA) is 58.4 Å². The Balaban J connectivity index is 2.02. The average molecular weight is 293 g/mol. The molecule has 2 rings (SSSR count). The zero-order chi connectivity index (χ0) is 15.5. The molecule has 0 aliphatic heterocycles. The summed E-state index contributed by atoms with van der Waals surface area (Å²) in [6.45, 7) is 5.27. The van der Waals surface area contributed by atoms with Crippen molar-refractivity contribution in [2.24, 2.45) is 5.73 Å². The van der Waals surface area contributed by atoms with Crippen molar-refractivity contribution < 1.29 is 9.18 Å². The Morgan fingerprint density at radius 2 is 2.24 bits per heavy atom. The van der Waals surface area contributed by atoms with Crippen LogP contribution in [0.25, 0.3) is 0 Å². The zero-order valence-corrected chi connectivity index (χ0v) is 12.7. The first-order valence-electron chi connectivity index (χ1n) is 7.53. The van der Waals surface area contributed by atoms with Crippen molar-refractivity contribution in [1.82, 2.24) is 5.32 Å². The van der Waals surface area contributed by atoms with E-state index in [9.17, 15) is 9.18 Å². The first kappa shape index (κ1) is 15.8. The first-order chi connectivity index (χ1) is 9.94. The van der Waals surface area contributed by atoms with Gasteiger partial charge in [0.2, 0.25) is 5.91 Å². The lowest BCUT2D eigenvalue weighted by molar-refractivity contribution is -0.124. The number of benzene rings is 1. The molecule has 1 aromatic rings. The van der Waals surface area contributed by atoms with Crippen LogP contribution in [0.4, 0.5) is 10.1 Å². The highest BCUT2D eigenvalue weighted by Crippen LogP contribution is 2.25. The lowest BCUT2D eigenvalue weighted by Crippen LogP contribution is -2.55. The highest BCUT2D eigenvalue weighted by Gasteiger charge is 2.36. The number of nitrogens with two attached hydrogens (primary N) is 1. The molecule has 1 unspecified atom stereocenters. The molecule has 4 nitrogen and oxygen atoms in total. The summed E-state index contributed by atoms with van der Waals surface area (Å²) in [7, 11) is 0. The van der Waals surface area contributed by atoms with E-state index in [1.165, 1.54) is 12.1 Å². The number of nitrogens with one attached hydrogen (secondary N) is 1. The van der Waals surface area contributed by atoms with Crippen LogP contribution in [0, 0.1) is 5.82 Å². The Kier molecular flexibility index (Phi) is 4.83. The van der Waals surface area contributed by atoms with Crippen molar-refractivity contribution in [2.75, 3.05) is 18.0 Å². The largest absolute Gasteiger partial charge is 0.372 e. The van der Waals surface area contributed by atoms with Crippen LogP contribution >= 0.6 is 0 Å². The van der Waals surface area contributed by atoms with Crippen LogP contribution in [0.2, 0.25) is 0 Å². The predicted molar refractivity (Wildman–Crippen MR) is 82.7 cm³/mol. The second-order valence-corrected chi connectivity index (χ2v) is 5.92. The molecule has 116 valence electrons. The van der Waals surface area contributed by atoms with Gasteiger partial charge in [-0.2, -0.15) is 0 Å². The zero-order valence-electron chi connectivity index (χ0n) is 12.7. The highest BCUT2D eigenvalue weighted by molar-refractivity contribution is 5.84. The molecule has 0 saturated heterocycles. The minimum Gasteiger partial charge on any atom is -0.372 e. The highest BCUT2D eigenvalue weighted by atomic mass is 19.1. The summed E-state index contributed by atoms with van der Waals surface area (Å²) in [6, 6.07) is 6.93. The van der Waals surface area contributed by atoms with Gasteiger partial charge in [-0.05, 0) is 51.3 Å². The van der Waals surface area contributed by atoms with Crippen molar-refractivity contribution in [3.05, 3.63) is 30.1 Å². The number of rotatable bonds is 8. The minimum atomic E-state index is -0.706. The Hall–Kier alpha value is -1.62. The summed E-state index contributed by atoms with van der Waals surface area (Å²) in [4.78, 5) is 13.8. The molecule has 1 saturated carbocycles. The summed E-state index contributed by atoms with van der Waals surface area (Å²) in [5.41, 5.74) is 5.68. The van der Waals surface area contributed by atoms with Gasteiger partial charge in [0.15, 0.2) is 0 Å². The smallest absolute Gasteiger partial charge is 0.237 e. The Labute approximate surface area is 125 Å². The molecule has 0 heterocycles. The maximum Gasteiger partial charge on any atom is 0.237 e. The number of amides is 1. The van der Waals surface area contributed by atoms with Crippen molar-refractivity contribution in [1.29, 1.82) is 0 Å². The van der Waals surface area contributed by atoms with E-state index < -0.39 is 5.54 Å². The number of hydrogen-bond acceptors (Lipinski definition) is 3. The molecular formula is C16H24FN3O. The van der Waals surface area contributed by atoms with Gasteiger partial charge in [-0.3, -0.25) is 4.79 Å². The molecule has 0 spiro atoms. The van der Waals surface area contributed by atoms with E-state index in [0.29, 0.717) is 19.0 Å². The summed E-state index contributed by atoms with van der Waals surface area (Å²) in [5.74, 6) is -0.579. The van der Waals surface area contributed by atoms with Crippen LogP contribution in [0.1, 0.15) is 33.1 Å². The Morgan fingerprint density at radius 1 is 1.52 bits per heavy atom. The Morgan fingerprint density at radius 3 is 2.76 bits per heavy atom. The molecule has 1 amide bonds. The van der Waals surface area contributed by atoms with Crippen LogP contribution in [0.3, 0.4) is 0 Å². The molecule has 1 aliphatic rings. The van der Waals surface area contributed by atoms with Gasteiger partial charge in [-0.25, -0.2) is 4.39 Å². The van der Waals surface area contributed by atoms with Gasteiger partial charge in [0.1, 0.15) is 5.82 Å². The number of carbonyl (C=O) groups excluding carboxylic acids is 1. The van der Waals surface area contributed by atoms with Crippen LogP contribution in [-0.2, 0) is 4.79 Å². The SMILES string of the molecule is CCN(CCC(C)(NC1CC1)C(N)=O)c1cccc(F)c1. The van der Waals surface area contributed by atoms with Crippen molar-refractivity contribution in [3.63, 3.8) is 0 Å². The van der Waals surface area contributed by atoms with E-state index in [4.69, 9.17) is 5.73 Å². The second kappa shape index (κ2) is 6.43. The van der Waals surface area contributed by atoms with Gasteiger partial charge in [0.25, 0.3) is 0 Å².